The molecule has 310 valence electrons. The fraction of sp³-hybridized carbons (Fsp3) is 0.812. The largest absolute Gasteiger partial charge is 0.394 e. The zero-order valence-corrected chi connectivity index (χ0v) is 35.1. The van der Waals surface area contributed by atoms with Crippen molar-refractivity contribution in [3.8, 4) is 0 Å². The molecule has 1 amide bonds. The van der Waals surface area contributed by atoms with Crippen LogP contribution < -0.4 is 5.32 Å². The minimum atomic E-state index is -1.11. The molecule has 5 nitrogen and oxygen atoms in total. The quantitative estimate of drug-likeness (QED) is 0.0371. The third-order valence-electron chi connectivity index (χ3n) is 10.4. The minimum absolute atomic E-state index is 0.383. The Bertz CT molecular complexity index is 866. The van der Waals surface area contributed by atoms with Crippen molar-refractivity contribution in [2.75, 3.05) is 6.61 Å². The first kappa shape index (κ1) is 51.3. The summed E-state index contributed by atoms with van der Waals surface area (Å²) in [4.78, 5) is 12.5. The number of carbonyl (C=O) groups is 1. The van der Waals surface area contributed by atoms with Crippen LogP contribution in [0, 0.1) is 0 Å². The van der Waals surface area contributed by atoms with Gasteiger partial charge in [0.1, 0.15) is 6.10 Å². The van der Waals surface area contributed by atoms with Crippen LogP contribution >= 0.6 is 0 Å². The Kier molecular flexibility index (Phi) is 41.7. The van der Waals surface area contributed by atoms with Crippen LogP contribution in [0.2, 0.25) is 0 Å². The lowest BCUT2D eigenvalue weighted by Crippen LogP contribution is -2.48. The van der Waals surface area contributed by atoms with Crippen LogP contribution in [-0.2, 0) is 4.79 Å². The summed E-state index contributed by atoms with van der Waals surface area (Å²) in [6.07, 6.45) is 55.8. The molecule has 0 aromatic carbocycles. The van der Waals surface area contributed by atoms with E-state index < -0.39 is 24.2 Å². The summed E-state index contributed by atoms with van der Waals surface area (Å²) in [7, 11) is 0. The van der Waals surface area contributed by atoms with Crippen LogP contribution in [-0.4, -0.2) is 46.1 Å². The maximum absolute atomic E-state index is 12.5. The van der Waals surface area contributed by atoms with Crippen molar-refractivity contribution in [1.82, 2.24) is 5.32 Å². The first-order chi connectivity index (χ1) is 26.1. The number of allylic oxidation sites excluding steroid dienone is 7. The van der Waals surface area contributed by atoms with Crippen LogP contribution in [0.4, 0.5) is 0 Å². The molecule has 0 saturated carbocycles. The Morgan fingerprint density at radius 2 is 0.774 bits per heavy atom. The number of amides is 1. The molecule has 0 aliphatic heterocycles. The van der Waals surface area contributed by atoms with E-state index in [1.807, 2.05) is 6.08 Å². The van der Waals surface area contributed by atoms with Crippen molar-refractivity contribution in [2.24, 2.45) is 0 Å². The highest BCUT2D eigenvalue weighted by molar-refractivity contribution is 5.80. The highest BCUT2D eigenvalue weighted by Gasteiger charge is 2.22. The molecule has 0 heterocycles. The predicted octanol–water partition coefficient (Wildman–Crippen LogP) is 13.3. The number of hydrogen-bond acceptors (Lipinski definition) is 4. The van der Waals surface area contributed by atoms with Crippen LogP contribution in [0.15, 0.2) is 48.6 Å². The van der Waals surface area contributed by atoms with Gasteiger partial charge in [-0.2, -0.15) is 0 Å². The molecule has 3 unspecified atom stereocenters. The zero-order chi connectivity index (χ0) is 38.7. The van der Waals surface area contributed by atoms with Crippen molar-refractivity contribution in [3.05, 3.63) is 48.6 Å². The van der Waals surface area contributed by atoms with Gasteiger partial charge in [0.05, 0.1) is 18.8 Å². The van der Waals surface area contributed by atoms with Crippen molar-refractivity contribution in [2.45, 2.75) is 244 Å². The molecule has 0 saturated heterocycles. The molecule has 5 heteroatoms. The molecule has 0 bridgehead atoms. The van der Waals surface area contributed by atoms with E-state index >= 15 is 0 Å². The second kappa shape index (κ2) is 43.0. The van der Waals surface area contributed by atoms with E-state index in [0.29, 0.717) is 6.42 Å². The summed E-state index contributed by atoms with van der Waals surface area (Å²) >= 11 is 0. The molecule has 53 heavy (non-hydrogen) atoms. The second-order valence-corrected chi connectivity index (χ2v) is 15.6. The Labute approximate surface area is 329 Å². The maximum Gasteiger partial charge on any atom is 0.249 e. The van der Waals surface area contributed by atoms with E-state index in [1.54, 1.807) is 6.08 Å². The lowest BCUT2D eigenvalue weighted by Gasteiger charge is -2.21. The number of aliphatic hydroxyl groups excluding tert-OH is 3. The van der Waals surface area contributed by atoms with Crippen molar-refractivity contribution in [3.63, 3.8) is 0 Å². The van der Waals surface area contributed by atoms with Gasteiger partial charge in [0.2, 0.25) is 5.91 Å². The smallest absolute Gasteiger partial charge is 0.249 e. The average molecular weight is 744 g/mol. The van der Waals surface area contributed by atoms with Crippen molar-refractivity contribution in [1.29, 1.82) is 0 Å². The molecule has 0 fully saturated rings. The van der Waals surface area contributed by atoms with E-state index in [9.17, 15) is 20.1 Å². The van der Waals surface area contributed by atoms with Gasteiger partial charge in [0.15, 0.2) is 0 Å². The SMILES string of the molecule is CCCCCC/C=C/CC/C=C/CC/C=C/C(O)C(CO)NC(=O)C(O)CCCCCCCCCCC/C=C\CCCCCCCCCCCCCC. The van der Waals surface area contributed by atoms with Gasteiger partial charge in [0, 0.05) is 0 Å². The molecule has 0 aromatic rings. The first-order valence-corrected chi connectivity index (χ1v) is 23.0. The molecule has 0 aliphatic carbocycles. The summed E-state index contributed by atoms with van der Waals surface area (Å²) in [5, 5.41) is 33.1. The molecule has 0 aromatic heterocycles. The van der Waals surface area contributed by atoms with E-state index in [4.69, 9.17) is 0 Å². The third-order valence-corrected chi connectivity index (χ3v) is 10.4. The number of unbranched alkanes of at least 4 members (excludes halogenated alkanes) is 27. The van der Waals surface area contributed by atoms with Crippen molar-refractivity contribution >= 4 is 5.91 Å². The average Bonchev–Trinajstić information content (AvgIpc) is 3.16. The summed E-state index contributed by atoms with van der Waals surface area (Å²) < 4.78 is 0. The van der Waals surface area contributed by atoms with Crippen LogP contribution in [0.3, 0.4) is 0 Å². The van der Waals surface area contributed by atoms with Crippen LogP contribution in [0.1, 0.15) is 226 Å². The van der Waals surface area contributed by atoms with Crippen molar-refractivity contribution < 1.29 is 20.1 Å². The van der Waals surface area contributed by atoms with E-state index in [0.717, 1.165) is 44.9 Å². The maximum atomic E-state index is 12.5. The van der Waals surface area contributed by atoms with E-state index in [2.05, 4.69) is 55.6 Å². The summed E-state index contributed by atoms with van der Waals surface area (Å²) in [6, 6.07) is -0.821. The van der Waals surface area contributed by atoms with Crippen LogP contribution in [0.5, 0.6) is 0 Å². The topological polar surface area (TPSA) is 89.8 Å². The molecule has 0 rings (SSSR count). The molecular formula is C48H89NO4. The zero-order valence-electron chi connectivity index (χ0n) is 35.1. The van der Waals surface area contributed by atoms with Crippen LogP contribution in [0.25, 0.3) is 0 Å². The molecule has 0 spiro atoms. The first-order valence-electron chi connectivity index (χ1n) is 23.0. The second-order valence-electron chi connectivity index (χ2n) is 15.6. The Balaban J connectivity index is 3.66. The predicted molar refractivity (Wildman–Crippen MR) is 231 cm³/mol. The molecular weight excluding hydrogens is 655 g/mol. The Morgan fingerprint density at radius 3 is 1.17 bits per heavy atom. The Morgan fingerprint density at radius 1 is 0.453 bits per heavy atom. The van der Waals surface area contributed by atoms with Gasteiger partial charge < -0.3 is 20.6 Å². The number of carbonyl (C=O) groups excluding carboxylic acids is 1. The van der Waals surface area contributed by atoms with Gasteiger partial charge in [-0.15, -0.1) is 0 Å². The van der Waals surface area contributed by atoms with E-state index in [-0.39, 0.29) is 6.61 Å². The number of rotatable bonds is 41. The lowest BCUT2D eigenvalue weighted by atomic mass is 10.0. The van der Waals surface area contributed by atoms with Gasteiger partial charge in [-0.1, -0.05) is 204 Å². The molecule has 0 aliphatic rings. The fourth-order valence-electron chi connectivity index (χ4n) is 6.74. The normalized spacial score (nSPS) is 14.0. The van der Waals surface area contributed by atoms with Gasteiger partial charge in [0.25, 0.3) is 0 Å². The van der Waals surface area contributed by atoms with Gasteiger partial charge >= 0.3 is 0 Å². The number of nitrogens with one attached hydrogen (secondary N) is 1. The van der Waals surface area contributed by atoms with E-state index in [1.165, 1.54) is 161 Å². The summed E-state index contributed by atoms with van der Waals surface area (Å²) in [6.45, 7) is 4.14. The minimum Gasteiger partial charge on any atom is -0.394 e. The monoisotopic (exact) mass is 744 g/mol. The molecule has 3 atom stereocenters. The highest BCUT2D eigenvalue weighted by Crippen LogP contribution is 2.15. The summed E-state index contributed by atoms with van der Waals surface area (Å²) in [5.41, 5.74) is 0. The lowest BCUT2D eigenvalue weighted by molar-refractivity contribution is -0.131. The highest BCUT2D eigenvalue weighted by atomic mass is 16.3. The Hall–Kier alpha value is -1.69. The molecule has 0 radical (unpaired) electrons. The fourth-order valence-corrected chi connectivity index (χ4v) is 6.74. The van der Waals surface area contributed by atoms with Gasteiger partial charge in [-0.3, -0.25) is 4.79 Å². The van der Waals surface area contributed by atoms with Gasteiger partial charge in [-0.05, 0) is 70.6 Å². The standard InChI is InChI=1S/C48H89NO4/c1-3-5-7-9-11-13-15-17-19-20-21-22-23-24-25-26-27-28-29-31-33-35-37-39-41-43-47(52)48(53)49-45(44-50)46(51)42-40-38-36-34-32-30-18-16-14-12-10-8-6-4-2/h14,16,24-25,32,34,40,42,45-47,50-52H,3-13,15,17-23,26-31,33,35-39,41,43-44H2,1-2H3,(H,49,53)/b16-14+,25-24-,34-32+,42-40+. The molecule has 4 N–H and O–H groups in total. The third kappa shape index (κ3) is 38.4. The van der Waals surface area contributed by atoms with Gasteiger partial charge in [-0.25, -0.2) is 0 Å². The number of aliphatic hydroxyl groups is 3. The number of hydrogen-bond donors (Lipinski definition) is 4. The summed E-state index contributed by atoms with van der Waals surface area (Å²) in [5.74, 6) is -0.520.